The first kappa shape index (κ1) is 22.3. The number of benzene rings is 2. The van der Waals surface area contributed by atoms with Gasteiger partial charge in [0.25, 0.3) is 5.91 Å². The van der Waals surface area contributed by atoms with Crippen LogP contribution in [0.15, 0.2) is 47.4 Å². The van der Waals surface area contributed by atoms with Gasteiger partial charge in [-0.25, -0.2) is 8.42 Å². The summed E-state index contributed by atoms with van der Waals surface area (Å²) in [4.78, 5) is 12.7. The predicted octanol–water partition coefficient (Wildman–Crippen LogP) is 4.27. The number of amides is 1. The Bertz CT molecular complexity index is 959. The van der Waals surface area contributed by atoms with Crippen LogP contribution in [0.4, 0.5) is 5.69 Å². The average Bonchev–Trinajstić information content (AvgIpc) is 2.97. The van der Waals surface area contributed by atoms with Gasteiger partial charge in [0.05, 0.1) is 4.90 Å². The third-order valence-corrected chi connectivity index (χ3v) is 7.11. The Hall–Kier alpha value is -2.38. The van der Waals surface area contributed by atoms with E-state index in [0.29, 0.717) is 24.5 Å². The van der Waals surface area contributed by atoms with Crippen LogP contribution in [0, 0.1) is 13.8 Å². The Morgan fingerprint density at radius 2 is 1.53 bits per heavy atom. The summed E-state index contributed by atoms with van der Waals surface area (Å²) < 4.78 is 33.0. The maximum absolute atomic E-state index is 12.9. The van der Waals surface area contributed by atoms with Gasteiger partial charge >= 0.3 is 0 Å². The van der Waals surface area contributed by atoms with Gasteiger partial charge in [-0.3, -0.25) is 4.79 Å². The SMILES string of the molecule is Cc1cc(C)cc(O[C@H](C)C(=O)Nc2ccc(S(=O)(=O)N3CCCCCC3)cc2)c1. The van der Waals surface area contributed by atoms with E-state index in [2.05, 4.69) is 5.32 Å². The van der Waals surface area contributed by atoms with Crippen LogP contribution in [0.5, 0.6) is 5.75 Å². The van der Waals surface area contributed by atoms with Crippen molar-refractivity contribution in [1.29, 1.82) is 0 Å². The van der Waals surface area contributed by atoms with Crippen LogP contribution in [0.3, 0.4) is 0 Å². The lowest BCUT2D eigenvalue weighted by atomic mass is 10.1. The zero-order valence-corrected chi connectivity index (χ0v) is 18.7. The van der Waals surface area contributed by atoms with Crippen LogP contribution < -0.4 is 10.1 Å². The molecule has 1 fully saturated rings. The molecule has 0 radical (unpaired) electrons. The minimum absolute atomic E-state index is 0.252. The van der Waals surface area contributed by atoms with Crippen LogP contribution in [-0.4, -0.2) is 37.8 Å². The Morgan fingerprint density at radius 3 is 2.10 bits per heavy atom. The van der Waals surface area contributed by atoms with E-state index in [0.717, 1.165) is 36.8 Å². The number of hydrogen-bond acceptors (Lipinski definition) is 4. The van der Waals surface area contributed by atoms with E-state index >= 15 is 0 Å². The number of carbonyl (C=O) groups is 1. The largest absolute Gasteiger partial charge is 0.481 e. The average molecular weight is 431 g/mol. The van der Waals surface area contributed by atoms with Gasteiger partial charge in [0.15, 0.2) is 6.10 Å². The molecule has 0 bridgehead atoms. The normalized spacial score (nSPS) is 16.5. The molecule has 6 nitrogen and oxygen atoms in total. The van der Waals surface area contributed by atoms with Crippen LogP contribution in [0.25, 0.3) is 0 Å². The monoisotopic (exact) mass is 430 g/mol. The molecule has 2 aromatic carbocycles. The lowest BCUT2D eigenvalue weighted by Crippen LogP contribution is -2.32. The predicted molar refractivity (Wildman–Crippen MR) is 118 cm³/mol. The molecule has 0 unspecified atom stereocenters. The van der Waals surface area contributed by atoms with Crippen LogP contribution in [0.1, 0.15) is 43.7 Å². The number of carbonyl (C=O) groups excluding carboxylic acids is 1. The molecule has 0 aromatic heterocycles. The Labute approximate surface area is 179 Å². The second-order valence-corrected chi connectivity index (χ2v) is 9.85. The molecule has 0 spiro atoms. The molecule has 1 N–H and O–H groups in total. The zero-order chi connectivity index (χ0) is 21.7. The second-order valence-electron chi connectivity index (χ2n) is 7.92. The second kappa shape index (κ2) is 9.62. The number of aryl methyl sites for hydroxylation is 2. The molecule has 1 atom stereocenters. The van der Waals surface area contributed by atoms with E-state index < -0.39 is 16.1 Å². The smallest absolute Gasteiger partial charge is 0.265 e. The molecule has 0 saturated carbocycles. The highest BCUT2D eigenvalue weighted by atomic mass is 32.2. The Morgan fingerprint density at radius 1 is 0.967 bits per heavy atom. The highest BCUT2D eigenvalue weighted by Crippen LogP contribution is 2.22. The number of nitrogens with one attached hydrogen (secondary N) is 1. The quantitative estimate of drug-likeness (QED) is 0.742. The van der Waals surface area contributed by atoms with E-state index in [4.69, 9.17) is 4.74 Å². The lowest BCUT2D eigenvalue weighted by molar-refractivity contribution is -0.122. The van der Waals surface area contributed by atoms with E-state index in [1.165, 1.54) is 0 Å². The molecule has 2 aromatic rings. The fourth-order valence-electron chi connectivity index (χ4n) is 3.64. The number of anilines is 1. The van der Waals surface area contributed by atoms with Gasteiger partial charge in [-0.1, -0.05) is 18.9 Å². The molecular weight excluding hydrogens is 400 g/mol. The van der Waals surface area contributed by atoms with Gasteiger partial charge in [0.2, 0.25) is 10.0 Å². The summed E-state index contributed by atoms with van der Waals surface area (Å²) in [7, 11) is -3.50. The molecule has 1 amide bonds. The summed E-state index contributed by atoms with van der Waals surface area (Å²) in [6, 6.07) is 12.1. The summed E-state index contributed by atoms with van der Waals surface area (Å²) in [6.45, 7) is 6.77. The summed E-state index contributed by atoms with van der Waals surface area (Å²) in [5, 5.41) is 2.79. The first-order chi connectivity index (χ1) is 14.3. The molecule has 1 aliphatic rings. The van der Waals surface area contributed by atoms with E-state index in [1.807, 2.05) is 32.0 Å². The van der Waals surface area contributed by atoms with Gasteiger partial charge in [0, 0.05) is 18.8 Å². The molecule has 1 aliphatic heterocycles. The van der Waals surface area contributed by atoms with Gasteiger partial charge in [-0.05, 0) is 81.1 Å². The van der Waals surface area contributed by atoms with Gasteiger partial charge in [-0.15, -0.1) is 0 Å². The van der Waals surface area contributed by atoms with E-state index in [1.54, 1.807) is 35.5 Å². The van der Waals surface area contributed by atoms with E-state index in [-0.39, 0.29) is 10.8 Å². The summed E-state index contributed by atoms with van der Waals surface area (Å²) >= 11 is 0. The lowest BCUT2D eigenvalue weighted by Gasteiger charge is -2.20. The van der Waals surface area contributed by atoms with Crippen molar-refractivity contribution in [1.82, 2.24) is 4.31 Å². The molecule has 7 heteroatoms. The van der Waals surface area contributed by atoms with Crippen LogP contribution in [0.2, 0.25) is 0 Å². The summed E-state index contributed by atoms with van der Waals surface area (Å²) in [5.41, 5.74) is 2.67. The van der Waals surface area contributed by atoms with Crippen molar-refractivity contribution in [2.75, 3.05) is 18.4 Å². The molecule has 1 heterocycles. The zero-order valence-electron chi connectivity index (χ0n) is 17.8. The number of sulfonamides is 1. The first-order valence-corrected chi connectivity index (χ1v) is 11.9. The fraction of sp³-hybridized carbons (Fsp3) is 0.435. The van der Waals surface area contributed by atoms with Crippen molar-refractivity contribution in [3.05, 3.63) is 53.6 Å². The Balaban J connectivity index is 1.63. The molecule has 30 heavy (non-hydrogen) atoms. The third-order valence-electron chi connectivity index (χ3n) is 5.20. The van der Waals surface area contributed by atoms with Crippen molar-refractivity contribution in [3.63, 3.8) is 0 Å². The van der Waals surface area contributed by atoms with E-state index in [9.17, 15) is 13.2 Å². The number of hydrogen-bond donors (Lipinski definition) is 1. The topological polar surface area (TPSA) is 75.7 Å². The maximum Gasteiger partial charge on any atom is 0.265 e. The Kier molecular flexibility index (Phi) is 7.15. The van der Waals surface area contributed by atoms with Crippen molar-refractivity contribution in [2.45, 2.75) is 57.5 Å². The van der Waals surface area contributed by atoms with Gasteiger partial charge in [0.1, 0.15) is 5.75 Å². The molecular formula is C23H30N2O4S. The maximum atomic E-state index is 12.9. The van der Waals surface area contributed by atoms with Gasteiger partial charge in [-0.2, -0.15) is 4.31 Å². The van der Waals surface area contributed by atoms with Crippen molar-refractivity contribution in [2.24, 2.45) is 0 Å². The summed E-state index contributed by atoms with van der Waals surface area (Å²) in [5.74, 6) is 0.353. The van der Waals surface area contributed by atoms with Gasteiger partial charge < -0.3 is 10.1 Å². The molecule has 3 rings (SSSR count). The van der Waals surface area contributed by atoms with Crippen LogP contribution >= 0.6 is 0 Å². The highest BCUT2D eigenvalue weighted by molar-refractivity contribution is 7.89. The van der Waals surface area contributed by atoms with Crippen molar-refractivity contribution >= 4 is 21.6 Å². The molecule has 162 valence electrons. The number of nitrogens with zero attached hydrogens (tertiary/aromatic N) is 1. The number of rotatable bonds is 6. The number of ether oxygens (including phenoxy) is 1. The third kappa shape index (κ3) is 5.61. The van der Waals surface area contributed by atoms with Crippen LogP contribution in [-0.2, 0) is 14.8 Å². The highest BCUT2D eigenvalue weighted by Gasteiger charge is 2.25. The molecule has 1 saturated heterocycles. The van der Waals surface area contributed by atoms with Crippen molar-refractivity contribution < 1.29 is 17.9 Å². The minimum Gasteiger partial charge on any atom is -0.481 e. The minimum atomic E-state index is -3.50. The van der Waals surface area contributed by atoms with Crippen molar-refractivity contribution in [3.8, 4) is 5.75 Å². The first-order valence-electron chi connectivity index (χ1n) is 10.4. The standard InChI is InChI=1S/C23H30N2O4S/c1-17-14-18(2)16-21(15-17)29-19(3)23(26)24-20-8-10-22(11-9-20)30(27,28)25-12-6-4-5-7-13-25/h8-11,14-16,19H,4-7,12-13H2,1-3H3,(H,24,26)/t19-/m1/s1. The fourth-order valence-corrected chi connectivity index (χ4v) is 5.16. The molecule has 0 aliphatic carbocycles. The summed E-state index contributed by atoms with van der Waals surface area (Å²) in [6.07, 6.45) is 3.24.